The molecular weight excluding hydrogens is 240 g/mol. The molecule has 0 bridgehead atoms. The molecule has 0 radical (unpaired) electrons. The van der Waals surface area contributed by atoms with Crippen molar-refractivity contribution in [1.29, 1.82) is 0 Å². The van der Waals surface area contributed by atoms with Gasteiger partial charge in [-0.2, -0.15) is 15.0 Å². The minimum absolute atomic E-state index is 0.561. The van der Waals surface area contributed by atoms with Gasteiger partial charge in [0.15, 0.2) is 0 Å². The Kier molecular flexibility index (Phi) is 3.66. The summed E-state index contributed by atoms with van der Waals surface area (Å²) >= 11 is 0. The van der Waals surface area contributed by atoms with E-state index in [0.29, 0.717) is 17.9 Å². The molecule has 104 valence electrons. The second kappa shape index (κ2) is 5.59. The van der Waals surface area contributed by atoms with Gasteiger partial charge in [0.25, 0.3) is 0 Å². The largest absolute Gasteiger partial charge is 0.354 e. The lowest BCUT2D eigenvalue weighted by Gasteiger charge is -2.27. The first-order valence-electron chi connectivity index (χ1n) is 7.36. The van der Waals surface area contributed by atoms with Gasteiger partial charge in [-0.1, -0.05) is 0 Å². The quantitative estimate of drug-likeness (QED) is 0.844. The summed E-state index contributed by atoms with van der Waals surface area (Å²) in [6, 6.07) is 0.561. The van der Waals surface area contributed by atoms with Crippen LogP contribution in [0.5, 0.6) is 0 Å². The van der Waals surface area contributed by atoms with E-state index in [-0.39, 0.29) is 0 Å². The molecule has 1 saturated carbocycles. The zero-order valence-corrected chi connectivity index (χ0v) is 11.5. The molecule has 0 spiro atoms. The second-order valence-electron chi connectivity index (χ2n) is 5.28. The Labute approximate surface area is 114 Å². The first-order valence-corrected chi connectivity index (χ1v) is 7.36. The van der Waals surface area contributed by atoms with Crippen LogP contribution < -0.4 is 15.5 Å². The predicted molar refractivity (Wildman–Crippen MR) is 76.7 cm³/mol. The standard InChI is InChI=1S/C13H22N6/c1-2-14-11-16-12(15-10-6-7-10)18-13(17-11)19-8-4-3-5-9-19/h10H,2-9H2,1H3,(H2,14,15,16,17,18). The maximum absolute atomic E-state index is 4.57. The highest BCUT2D eigenvalue weighted by molar-refractivity contribution is 5.44. The number of hydrogen-bond donors (Lipinski definition) is 2. The van der Waals surface area contributed by atoms with Crippen LogP contribution in [0.3, 0.4) is 0 Å². The molecule has 6 nitrogen and oxygen atoms in total. The smallest absolute Gasteiger partial charge is 0.231 e. The van der Waals surface area contributed by atoms with Crippen molar-refractivity contribution in [1.82, 2.24) is 15.0 Å². The van der Waals surface area contributed by atoms with Crippen LogP contribution in [0.2, 0.25) is 0 Å². The Morgan fingerprint density at radius 1 is 1.05 bits per heavy atom. The van der Waals surface area contributed by atoms with Crippen molar-refractivity contribution in [2.75, 3.05) is 35.2 Å². The predicted octanol–water partition coefficient (Wildman–Crippen LogP) is 1.87. The van der Waals surface area contributed by atoms with Gasteiger partial charge in [0.1, 0.15) is 0 Å². The highest BCUT2D eigenvalue weighted by atomic mass is 15.3. The minimum Gasteiger partial charge on any atom is -0.354 e. The fourth-order valence-corrected chi connectivity index (χ4v) is 2.31. The summed E-state index contributed by atoms with van der Waals surface area (Å²) in [5.74, 6) is 2.21. The number of anilines is 3. The van der Waals surface area contributed by atoms with Gasteiger partial charge in [-0.25, -0.2) is 0 Å². The molecular formula is C13H22N6. The maximum atomic E-state index is 4.57. The van der Waals surface area contributed by atoms with E-state index in [1.165, 1.54) is 32.1 Å². The molecule has 1 aliphatic carbocycles. The molecule has 0 aromatic carbocycles. The Morgan fingerprint density at radius 3 is 2.47 bits per heavy atom. The lowest BCUT2D eigenvalue weighted by Crippen LogP contribution is -2.31. The van der Waals surface area contributed by atoms with Gasteiger partial charge in [0, 0.05) is 25.7 Å². The summed E-state index contributed by atoms with van der Waals surface area (Å²) in [4.78, 5) is 15.8. The summed E-state index contributed by atoms with van der Waals surface area (Å²) in [6.07, 6.45) is 6.22. The molecule has 6 heteroatoms. The Hall–Kier alpha value is -1.59. The molecule has 2 aliphatic rings. The Balaban J connectivity index is 1.80. The molecule has 3 rings (SSSR count). The summed E-state index contributed by atoms with van der Waals surface area (Å²) in [7, 11) is 0. The summed E-state index contributed by atoms with van der Waals surface area (Å²) in [6.45, 7) is 4.99. The van der Waals surface area contributed by atoms with Gasteiger partial charge in [-0.15, -0.1) is 0 Å². The van der Waals surface area contributed by atoms with Gasteiger partial charge < -0.3 is 15.5 Å². The average Bonchev–Trinajstić information content (AvgIpc) is 3.24. The van der Waals surface area contributed by atoms with Crippen LogP contribution in [0.15, 0.2) is 0 Å². The third-order valence-corrected chi connectivity index (χ3v) is 3.51. The van der Waals surface area contributed by atoms with Gasteiger partial charge in [0.2, 0.25) is 17.8 Å². The molecule has 2 fully saturated rings. The molecule has 2 heterocycles. The highest BCUT2D eigenvalue weighted by Gasteiger charge is 2.23. The highest BCUT2D eigenvalue weighted by Crippen LogP contribution is 2.25. The van der Waals surface area contributed by atoms with Crippen molar-refractivity contribution in [2.45, 2.75) is 45.1 Å². The first-order chi connectivity index (χ1) is 9.35. The van der Waals surface area contributed by atoms with Gasteiger partial charge >= 0.3 is 0 Å². The zero-order valence-electron chi connectivity index (χ0n) is 11.5. The second-order valence-corrected chi connectivity index (χ2v) is 5.28. The topological polar surface area (TPSA) is 66.0 Å². The number of hydrogen-bond acceptors (Lipinski definition) is 6. The van der Waals surface area contributed by atoms with E-state index in [9.17, 15) is 0 Å². The molecule has 1 saturated heterocycles. The zero-order chi connectivity index (χ0) is 13.1. The number of rotatable bonds is 5. The molecule has 1 aromatic rings. The molecule has 19 heavy (non-hydrogen) atoms. The number of piperidine rings is 1. The Morgan fingerprint density at radius 2 is 1.79 bits per heavy atom. The van der Waals surface area contributed by atoms with E-state index in [1.54, 1.807) is 0 Å². The van der Waals surface area contributed by atoms with Crippen molar-refractivity contribution in [3.05, 3.63) is 0 Å². The molecule has 1 aliphatic heterocycles. The van der Waals surface area contributed by atoms with E-state index in [2.05, 4.69) is 37.4 Å². The normalized spacial score (nSPS) is 19.3. The lowest BCUT2D eigenvalue weighted by atomic mass is 10.1. The van der Waals surface area contributed by atoms with Gasteiger partial charge in [0.05, 0.1) is 0 Å². The number of nitrogens with one attached hydrogen (secondary N) is 2. The van der Waals surface area contributed by atoms with Crippen LogP contribution in [0.4, 0.5) is 17.8 Å². The van der Waals surface area contributed by atoms with Crippen LogP contribution in [0.25, 0.3) is 0 Å². The van der Waals surface area contributed by atoms with E-state index in [0.717, 1.165) is 25.6 Å². The minimum atomic E-state index is 0.561. The summed E-state index contributed by atoms with van der Waals surface area (Å²) < 4.78 is 0. The number of aromatic nitrogens is 3. The monoisotopic (exact) mass is 262 g/mol. The van der Waals surface area contributed by atoms with Crippen LogP contribution in [-0.4, -0.2) is 40.6 Å². The van der Waals surface area contributed by atoms with E-state index < -0.39 is 0 Å². The molecule has 0 atom stereocenters. The van der Waals surface area contributed by atoms with Crippen LogP contribution >= 0.6 is 0 Å². The van der Waals surface area contributed by atoms with Crippen molar-refractivity contribution in [3.63, 3.8) is 0 Å². The SMILES string of the molecule is CCNc1nc(NC2CC2)nc(N2CCCCC2)n1. The third-order valence-electron chi connectivity index (χ3n) is 3.51. The Bertz CT molecular complexity index is 425. The number of nitrogens with zero attached hydrogens (tertiary/aromatic N) is 4. The van der Waals surface area contributed by atoms with Gasteiger partial charge in [-0.05, 0) is 39.0 Å². The molecule has 1 aromatic heterocycles. The van der Waals surface area contributed by atoms with Crippen molar-refractivity contribution in [2.24, 2.45) is 0 Å². The fourth-order valence-electron chi connectivity index (χ4n) is 2.31. The fraction of sp³-hybridized carbons (Fsp3) is 0.769. The summed E-state index contributed by atoms with van der Waals surface area (Å²) in [5.41, 5.74) is 0. The van der Waals surface area contributed by atoms with E-state index >= 15 is 0 Å². The molecule has 0 unspecified atom stereocenters. The van der Waals surface area contributed by atoms with E-state index in [1.807, 2.05) is 0 Å². The van der Waals surface area contributed by atoms with Crippen LogP contribution in [0, 0.1) is 0 Å². The average molecular weight is 262 g/mol. The third kappa shape index (κ3) is 3.24. The van der Waals surface area contributed by atoms with E-state index in [4.69, 9.17) is 0 Å². The molecule has 0 amide bonds. The van der Waals surface area contributed by atoms with Crippen LogP contribution in [0.1, 0.15) is 39.0 Å². The van der Waals surface area contributed by atoms with Crippen molar-refractivity contribution in [3.8, 4) is 0 Å². The van der Waals surface area contributed by atoms with Crippen LogP contribution in [-0.2, 0) is 0 Å². The lowest BCUT2D eigenvalue weighted by molar-refractivity contribution is 0.568. The van der Waals surface area contributed by atoms with Crippen molar-refractivity contribution < 1.29 is 0 Å². The van der Waals surface area contributed by atoms with Crippen molar-refractivity contribution >= 4 is 17.8 Å². The molecule has 2 N–H and O–H groups in total. The first kappa shape index (κ1) is 12.4. The maximum Gasteiger partial charge on any atom is 0.231 e. The van der Waals surface area contributed by atoms with Gasteiger partial charge in [-0.3, -0.25) is 0 Å². The summed E-state index contributed by atoms with van der Waals surface area (Å²) in [5, 5.41) is 6.56.